The van der Waals surface area contributed by atoms with Crippen molar-refractivity contribution in [3.63, 3.8) is 0 Å². The van der Waals surface area contributed by atoms with E-state index >= 15 is 0 Å². The van der Waals surface area contributed by atoms with Gasteiger partial charge in [-0.25, -0.2) is 0 Å². The molecule has 0 aliphatic carbocycles. The SMILES string of the molecule is CCN(Cc1ccc(OC)c(OC)c1)C(=O)/C=C/c1cccc(OC)c1OC(F)F. The topological polar surface area (TPSA) is 57.2 Å². The molecule has 0 aliphatic rings. The molecule has 0 atom stereocenters. The van der Waals surface area contributed by atoms with E-state index in [2.05, 4.69) is 4.74 Å². The highest BCUT2D eigenvalue weighted by Crippen LogP contribution is 2.33. The number of ether oxygens (including phenoxy) is 4. The third-order valence-corrected chi connectivity index (χ3v) is 4.36. The van der Waals surface area contributed by atoms with Gasteiger partial charge in [0.1, 0.15) is 0 Å². The van der Waals surface area contributed by atoms with Gasteiger partial charge in [-0.15, -0.1) is 0 Å². The molecule has 0 heterocycles. The first-order valence-corrected chi connectivity index (χ1v) is 9.23. The molecule has 0 bridgehead atoms. The molecule has 30 heavy (non-hydrogen) atoms. The Hall–Kier alpha value is -3.29. The lowest BCUT2D eigenvalue weighted by molar-refractivity contribution is -0.126. The highest BCUT2D eigenvalue weighted by molar-refractivity contribution is 5.92. The molecule has 162 valence electrons. The number of hydrogen-bond donors (Lipinski definition) is 0. The molecule has 6 nitrogen and oxygen atoms in total. The zero-order chi connectivity index (χ0) is 22.1. The second-order valence-corrected chi connectivity index (χ2v) is 6.13. The Morgan fingerprint density at radius 3 is 2.33 bits per heavy atom. The molecular formula is C22H25F2NO5. The van der Waals surface area contributed by atoms with Gasteiger partial charge in [0.05, 0.1) is 21.3 Å². The highest BCUT2D eigenvalue weighted by atomic mass is 19.3. The molecule has 0 N–H and O–H groups in total. The van der Waals surface area contributed by atoms with Gasteiger partial charge in [0.15, 0.2) is 23.0 Å². The summed E-state index contributed by atoms with van der Waals surface area (Å²) in [6, 6.07) is 10.1. The van der Waals surface area contributed by atoms with Crippen LogP contribution < -0.4 is 18.9 Å². The van der Waals surface area contributed by atoms with Crippen molar-refractivity contribution in [2.24, 2.45) is 0 Å². The van der Waals surface area contributed by atoms with Crippen LogP contribution >= 0.6 is 0 Å². The van der Waals surface area contributed by atoms with Gasteiger partial charge in [-0.05, 0) is 36.8 Å². The van der Waals surface area contributed by atoms with Crippen molar-refractivity contribution in [1.82, 2.24) is 4.90 Å². The van der Waals surface area contributed by atoms with Crippen LogP contribution in [0.4, 0.5) is 8.78 Å². The summed E-state index contributed by atoms with van der Waals surface area (Å²) in [5, 5.41) is 0. The van der Waals surface area contributed by atoms with Crippen LogP contribution in [0.5, 0.6) is 23.0 Å². The standard InChI is InChI=1S/C22H25F2NO5/c1-5-25(14-15-9-11-17(27-2)19(13-15)29-4)20(26)12-10-16-7-6-8-18(28-3)21(16)30-22(23)24/h6-13,22H,5,14H2,1-4H3/b12-10+. The molecule has 0 aliphatic heterocycles. The quantitative estimate of drug-likeness (QED) is 0.533. The summed E-state index contributed by atoms with van der Waals surface area (Å²) in [5.74, 6) is 0.919. The Kier molecular flexibility index (Phi) is 8.46. The first-order chi connectivity index (χ1) is 14.4. The molecule has 0 radical (unpaired) electrons. The molecule has 0 saturated carbocycles. The van der Waals surface area contributed by atoms with Crippen molar-refractivity contribution in [2.75, 3.05) is 27.9 Å². The van der Waals surface area contributed by atoms with Crippen LogP contribution in [0.25, 0.3) is 6.08 Å². The van der Waals surface area contributed by atoms with Crippen LogP contribution in [0.2, 0.25) is 0 Å². The summed E-state index contributed by atoms with van der Waals surface area (Å²) in [6.07, 6.45) is 2.75. The van der Waals surface area contributed by atoms with Crippen LogP contribution in [0, 0.1) is 0 Å². The van der Waals surface area contributed by atoms with Crippen molar-refractivity contribution in [3.8, 4) is 23.0 Å². The third kappa shape index (κ3) is 5.85. The first-order valence-electron chi connectivity index (χ1n) is 9.23. The summed E-state index contributed by atoms with van der Waals surface area (Å²) < 4.78 is 45.7. The van der Waals surface area contributed by atoms with Crippen LogP contribution in [0.15, 0.2) is 42.5 Å². The number of carbonyl (C=O) groups is 1. The van der Waals surface area contributed by atoms with E-state index in [4.69, 9.17) is 14.2 Å². The smallest absolute Gasteiger partial charge is 0.387 e. The minimum Gasteiger partial charge on any atom is -0.493 e. The molecule has 0 saturated heterocycles. The fourth-order valence-electron chi connectivity index (χ4n) is 2.85. The highest BCUT2D eigenvalue weighted by Gasteiger charge is 2.15. The van der Waals surface area contributed by atoms with E-state index < -0.39 is 6.61 Å². The lowest BCUT2D eigenvalue weighted by atomic mass is 10.1. The van der Waals surface area contributed by atoms with Crippen molar-refractivity contribution in [3.05, 3.63) is 53.6 Å². The molecule has 2 aromatic rings. The molecule has 2 rings (SSSR count). The Morgan fingerprint density at radius 2 is 1.73 bits per heavy atom. The van der Waals surface area contributed by atoms with Crippen molar-refractivity contribution >= 4 is 12.0 Å². The summed E-state index contributed by atoms with van der Waals surface area (Å²) in [7, 11) is 4.45. The monoisotopic (exact) mass is 421 g/mol. The van der Waals surface area contributed by atoms with Crippen LogP contribution in [0.1, 0.15) is 18.1 Å². The van der Waals surface area contributed by atoms with E-state index in [0.29, 0.717) is 30.2 Å². The predicted molar refractivity (Wildman–Crippen MR) is 109 cm³/mol. The van der Waals surface area contributed by atoms with Gasteiger partial charge < -0.3 is 23.8 Å². The maximum absolute atomic E-state index is 12.8. The van der Waals surface area contributed by atoms with E-state index in [-0.39, 0.29) is 17.4 Å². The Bertz CT molecular complexity index is 886. The van der Waals surface area contributed by atoms with Crippen molar-refractivity contribution in [1.29, 1.82) is 0 Å². The number of rotatable bonds is 10. The predicted octanol–water partition coefficient (Wildman–Crippen LogP) is 4.38. The molecule has 8 heteroatoms. The molecule has 2 aromatic carbocycles. The number of amides is 1. The average Bonchev–Trinajstić information content (AvgIpc) is 2.75. The van der Waals surface area contributed by atoms with Gasteiger partial charge in [0.2, 0.25) is 5.91 Å². The zero-order valence-electron chi connectivity index (χ0n) is 17.4. The number of alkyl halides is 2. The number of halogens is 2. The van der Waals surface area contributed by atoms with E-state index in [0.717, 1.165) is 5.56 Å². The number of para-hydroxylation sites is 1. The Labute approximate surface area is 174 Å². The minimum atomic E-state index is -3.01. The largest absolute Gasteiger partial charge is 0.493 e. The summed E-state index contributed by atoms with van der Waals surface area (Å²) in [4.78, 5) is 14.3. The second-order valence-electron chi connectivity index (χ2n) is 6.13. The molecule has 0 aromatic heterocycles. The normalized spacial score (nSPS) is 10.9. The van der Waals surface area contributed by atoms with Crippen LogP contribution in [0.3, 0.4) is 0 Å². The van der Waals surface area contributed by atoms with Gasteiger partial charge in [-0.2, -0.15) is 8.78 Å². The number of likely N-dealkylation sites (N-methyl/N-ethyl adjacent to an activating group) is 1. The van der Waals surface area contributed by atoms with E-state index in [1.807, 2.05) is 13.0 Å². The third-order valence-electron chi connectivity index (χ3n) is 4.36. The van der Waals surface area contributed by atoms with Gasteiger partial charge >= 0.3 is 6.61 Å². The summed E-state index contributed by atoms with van der Waals surface area (Å²) >= 11 is 0. The Morgan fingerprint density at radius 1 is 1.03 bits per heavy atom. The van der Waals surface area contributed by atoms with Crippen molar-refractivity contribution < 1.29 is 32.5 Å². The number of hydrogen-bond acceptors (Lipinski definition) is 5. The molecule has 1 amide bonds. The number of nitrogens with zero attached hydrogens (tertiary/aromatic N) is 1. The summed E-state index contributed by atoms with van der Waals surface area (Å²) in [6.45, 7) is -0.362. The van der Waals surface area contributed by atoms with E-state index in [1.54, 1.807) is 43.4 Å². The van der Waals surface area contributed by atoms with Gasteiger partial charge in [-0.1, -0.05) is 18.2 Å². The van der Waals surface area contributed by atoms with Crippen LogP contribution in [-0.4, -0.2) is 45.3 Å². The van der Waals surface area contributed by atoms with E-state index in [1.165, 1.54) is 25.3 Å². The van der Waals surface area contributed by atoms with E-state index in [9.17, 15) is 13.6 Å². The lowest BCUT2D eigenvalue weighted by Gasteiger charge is -2.20. The number of benzene rings is 2. The second kappa shape index (κ2) is 11.0. The van der Waals surface area contributed by atoms with Gasteiger partial charge in [0, 0.05) is 24.7 Å². The van der Waals surface area contributed by atoms with Crippen molar-refractivity contribution in [2.45, 2.75) is 20.1 Å². The maximum atomic E-state index is 12.8. The van der Waals surface area contributed by atoms with Crippen LogP contribution in [-0.2, 0) is 11.3 Å². The average molecular weight is 421 g/mol. The molecule has 0 spiro atoms. The minimum absolute atomic E-state index is 0.123. The number of methoxy groups -OCH3 is 3. The Balaban J connectivity index is 2.20. The first kappa shape index (κ1) is 23.0. The number of carbonyl (C=O) groups excluding carboxylic acids is 1. The van der Waals surface area contributed by atoms with Gasteiger partial charge in [-0.3, -0.25) is 4.79 Å². The fraction of sp³-hybridized carbons (Fsp3) is 0.318. The maximum Gasteiger partial charge on any atom is 0.387 e. The molecule has 0 unspecified atom stereocenters. The molecular weight excluding hydrogens is 396 g/mol. The lowest BCUT2D eigenvalue weighted by Crippen LogP contribution is -2.28. The van der Waals surface area contributed by atoms with Gasteiger partial charge in [0.25, 0.3) is 0 Å². The zero-order valence-corrected chi connectivity index (χ0v) is 17.4. The molecule has 0 fully saturated rings. The fourth-order valence-corrected chi connectivity index (χ4v) is 2.85. The summed E-state index contributed by atoms with van der Waals surface area (Å²) in [5.41, 5.74) is 1.17.